The van der Waals surface area contributed by atoms with Crippen molar-refractivity contribution in [3.05, 3.63) is 72.0 Å². The van der Waals surface area contributed by atoms with Crippen LogP contribution in [-0.2, 0) is 4.79 Å². The third-order valence-corrected chi connectivity index (χ3v) is 6.07. The van der Waals surface area contributed by atoms with Crippen LogP contribution in [-0.4, -0.2) is 48.7 Å². The Hall–Kier alpha value is -2.37. The molecule has 1 unspecified atom stereocenters. The summed E-state index contributed by atoms with van der Waals surface area (Å²) in [4.78, 5) is 26.6. The van der Waals surface area contributed by atoms with Crippen molar-refractivity contribution in [3.8, 4) is 5.75 Å². The molecule has 1 saturated carbocycles. The Labute approximate surface area is 216 Å². The average Bonchev–Trinajstić information content (AvgIpc) is 3.56. The van der Waals surface area contributed by atoms with E-state index in [2.05, 4.69) is 37.9 Å². The van der Waals surface area contributed by atoms with Crippen molar-refractivity contribution < 1.29 is 14.3 Å². The number of hydrogen-bond acceptors (Lipinski definition) is 4. The summed E-state index contributed by atoms with van der Waals surface area (Å²) >= 11 is 5.54. The van der Waals surface area contributed by atoms with Gasteiger partial charge in [-0.05, 0) is 54.9 Å². The number of amides is 1. The van der Waals surface area contributed by atoms with Crippen LogP contribution in [0.4, 0.5) is 5.69 Å². The van der Waals surface area contributed by atoms with E-state index in [0.717, 1.165) is 31.7 Å². The molecule has 5 nitrogen and oxygen atoms in total. The molecule has 1 atom stereocenters. The molecule has 3 rings (SSSR count). The molecular formula is C29H39ClN2O3. The van der Waals surface area contributed by atoms with Crippen LogP contribution in [0, 0.1) is 17.8 Å². The Morgan fingerprint density at radius 2 is 1.80 bits per heavy atom. The predicted octanol–water partition coefficient (Wildman–Crippen LogP) is 6.44. The van der Waals surface area contributed by atoms with Gasteiger partial charge in [0.15, 0.2) is 5.78 Å². The summed E-state index contributed by atoms with van der Waals surface area (Å²) in [6.45, 7) is 11.2. The number of para-hydroxylation sites is 1. The Morgan fingerprint density at radius 1 is 1.11 bits per heavy atom. The Kier molecular flexibility index (Phi) is 12.9. The van der Waals surface area contributed by atoms with Crippen molar-refractivity contribution in [3.63, 3.8) is 0 Å². The highest BCUT2D eigenvalue weighted by atomic mass is 35.5. The van der Waals surface area contributed by atoms with Crippen molar-refractivity contribution >= 4 is 29.0 Å². The molecule has 2 aromatic rings. The van der Waals surface area contributed by atoms with Crippen LogP contribution >= 0.6 is 11.6 Å². The number of benzene rings is 2. The van der Waals surface area contributed by atoms with Gasteiger partial charge in [-0.3, -0.25) is 14.5 Å². The second-order valence-electron chi connectivity index (χ2n) is 9.24. The minimum atomic E-state index is -0.291. The maximum atomic E-state index is 12.9. The van der Waals surface area contributed by atoms with E-state index in [1.54, 1.807) is 24.3 Å². The molecule has 6 heteroatoms. The van der Waals surface area contributed by atoms with Gasteiger partial charge in [-0.1, -0.05) is 64.4 Å². The zero-order valence-electron chi connectivity index (χ0n) is 21.5. The van der Waals surface area contributed by atoms with E-state index >= 15 is 0 Å². The lowest BCUT2D eigenvalue weighted by molar-refractivity contribution is -0.113. The van der Waals surface area contributed by atoms with Crippen LogP contribution in [0.25, 0.3) is 0 Å². The number of ether oxygens (including phenoxy) is 1. The molecule has 35 heavy (non-hydrogen) atoms. The van der Waals surface area contributed by atoms with Crippen LogP contribution in [0.2, 0.25) is 0 Å². The number of Topliss-reactive ketones (excluding diaryl/α,β-unsaturated/α-hetero) is 1. The number of nitrogens with one attached hydrogen (secondary N) is 1. The molecule has 0 spiro atoms. The number of alkyl halides is 1. The van der Waals surface area contributed by atoms with Gasteiger partial charge in [-0.25, -0.2) is 0 Å². The molecule has 1 fully saturated rings. The normalized spacial score (nSPS) is 14.9. The van der Waals surface area contributed by atoms with Gasteiger partial charge in [0.1, 0.15) is 11.6 Å². The van der Waals surface area contributed by atoms with E-state index in [-0.39, 0.29) is 17.6 Å². The number of anilines is 1. The summed E-state index contributed by atoms with van der Waals surface area (Å²) in [5, 5.41) is 2.69. The van der Waals surface area contributed by atoms with Crippen molar-refractivity contribution in [2.24, 2.45) is 5.92 Å². The van der Waals surface area contributed by atoms with Crippen LogP contribution in [0.15, 0.2) is 54.6 Å². The Bertz CT molecular complexity index is 904. The average molecular weight is 499 g/mol. The lowest BCUT2D eigenvalue weighted by Crippen LogP contribution is -2.33. The molecule has 0 saturated heterocycles. The fraction of sp³-hybridized carbons (Fsp3) is 0.448. The van der Waals surface area contributed by atoms with Crippen molar-refractivity contribution in [1.82, 2.24) is 4.90 Å². The first-order valence-corrected chi connectivity index (χ1v) is 12.9. The smallest absolute Gasteiger partial charge is 0.239 e. The fourth-order valence-corrected chi connectivity index (χ4v) is 3.38. The first kappa shape index (κ1) is 28.9. The number of halogens is 1. The highest BCUT2D eigenvalue weighted by Gasteiger charge is 2.34. The summed E-state index contributed by atoms with van der Waals surface area (Å²) in [7, 11) is 0. The van der Waals surface area contributed by atoms with Gasteiger partial charge in [-0.15, -0.1) is 11.6 Å². The lowest BCUT2D eigenvalue weighted by atomic mass is 10.1. The predicted molar refractivity (Wildman–Crippen MR) is 145 cm³/mol. The third-order valence-electron chi connectivity index (χ3n) is 5.83. The molecule has 0 bridgehead atoms. The quantitative estimate of drug-likeness (QED) is 0.196. The number of nitrogens with zero attached hydrogens (tertiary/aromatic N) is 1. The van der Waals surface area contributed by atoms with Gasteiger partial charge in [0.05, 0.1) is 13.2 Å². The summed E-state index contributed by atoms with van der Waals surface area (Å²) in [5.41, 5.74) is 1.17. The summed E-state index contributed by atoms with van der Waals surface area (Å²) < 4.78 is 5.78. The van der Waals surface area contributed by atoms with Gasteiger partial charge in [-0.2, -0.15) is 0 Å². The van der Waals surface area contributed by atoms with Gasteiger partial charge in [0, 0.05) is 24.3 Å². The zero-order valence-corrected chi connectivity index (χ0v) is 22.2. The monoisotopic (exact) mass is 498 g/mol. The highest BCUT2D eigenvalue weighted by Crippen LogP contribution is 2.40. The molecule has 0 heterocycles. The Balaban J connectivity index is 0.000000784. The molecule has 1 N–H and O–H groups in total. The minimum Gasteiger partial charge on any atom is -0.494 e. The van der Waals surface area contributed by atoms with E-state index < -0.39 is 0 Å². The number of carbonyl (C=O) groups is 2. The summed E-state index contributed by atoms with van der Waals surface area (Å²) in [5.74, 6) is 4.14. The van der Waals surface area contributed by atoms with Gasteiger partial charge in [0.25, 0.3) is 0 Å². The topological polar surface area (TPSA) is 58.6 Å². The van der Waals surface area contributed by atoms with E-state index in [1.165, 1.54) is 18.3 Å². The van der Waals surface area contributed by atoms with Crippen LogP contribution in [0.3, 0.4) is 0 Å². The van der Waals surface area contributed by atoms with Crippen LogP contribution in [0.5, 0.6) is 5.75 Å². The van der Waals surface area contributed by atoms with Crippen LogP contribution in [0.1, 0.15) is 57.3 Å². The Morgan fingerprint density at radius 3 is 2.40 bits per heavy atom. The summed E-state index contributed by atoms with van der Waals surface area (Å²) in [6, 6.07) is 16.8. The largest absolute Gasteiger partial charge is 0.494 e. The minimum absolute atomic E-state index is 0.0369. The number of rotatable bonds is 13. The number of carbonyl (C=O) groups excluding carboxylic acids is 2. The zero-order chi connectivity index (χ0) is 25.6. The molecule has 1 aliphatic carbocycles. The van der Waals surface area contributed by atoms with E-state index in [9.17, 15) is 9.59 Å². The highest BCUT2D eigenvalue weighted by molar-refractivity contribution is 6.29. The second-order valence-corrected chi connectivity index (χ2v) is 9.50. The fourth-order valence-electron chi connectivity index (χ4n) is 3.31. The lowest BCUT2D eigenvalue weighted by Gasteiger charge is -2.22. The van der Waals surface area contributed by atoms with Crippen molar-refractivity contribution in [2.45, 2.75) is 47.0 Å². The van der Waals surface area contributed by atoms with Crippen LogP contribution < -0.4 is 10.1 Å². The number of ketones is 1. The molecule has 0 aromatic heterocycles. The molecule has 0 aliphatic heterocycles. The molecular weight excluding hydrogens is 460 g/mol. The first-order valence-electron chi connectivity index (χ1n) is 12.3. The molecule has 2 aromatic carbocycles. The van der Waals surface area contributed by atoms with E-state index in [0.29, 0.717) is 30.3 Å². The SMILES string of the molecule is CC1C[C]1CN(CCCOc1ccccc1)CC(=O)c1cccc(NC(=O)CCl)c1.CC[C](C)C. The van der Waals surface area contributed by atoms with E-state index in [1.807, 2.05) is 30.3 Å². The molecule has 1 aliphatic rings. The molecule has 2 radical (unpaired) electrons. The first-order chi connectivity index (χ1) is 16.8. The number of hydrogen-bond donors (Lipinski definition) is 1. The van der Waals surface area contributed by atoms with Gasteiger partial charge in [0.2, 0.25) is 5.91 Å². The van der Waals surface area contributed by atoms with Crippen molar-refractivity contribution in [1.29, 1.82) is 0 Å². The summed E-state index contributed by atoms with van der Waals surface area (Å²) in [6.07, 6.45) is 3.21. The maximum Gasteiger partial charge on any atom is 0.239 e. The third kappa shape index (κ3) is 11.7. The second kappa shape index (κ2) is 15.6. The maximum absolute atomic E-state index is 12.9. The van der Waals surface area contributed by atoms with E-state index in [4.69, 9.17) is 16.3 Å². The van der Waals surface area contributed by atoms with Gasteiger partial charge < -0.3 is 10.1 Å². The standard InChI is InChI=1S/C24H28ClN2O3.C5H11/c1-18-13-20(18)16-27(11-6-12-30-22-9-3-2-4-10-22)17-23(28)19-7-5-8-21(14-19)26-24(29)15-25;1-4-5(2)3/h2-5,7-10,14,18H,6,11-13,15-17H2,1H3,(H,26,29);4H2,1-3H3. The van der Waals surface area contributed by atoms with Gasteiger partial charge >= 0.3 is 0 Å². The molecule has 190 valence electrons. The van der Waals surface area contributed by atoms with Crippen molar-refractivity contribution in [2.75, 3.05) is 37.4 Å². The molecule has 1 amide bonds.